The number of thioether (sulfide) groups is 1. The van der Waals surface area contributed by atoms with Gasteiger partial charge in [0, 0.05) is 24.3 Å². The summed E-state index contributed by atoms with van der Waals surface area (Å²) in [7, 11) is 0. The quantitative estimate of drug-likeness (QED) is 0.117. The van der Waals surface area contributed by atoms with Crippen molar-refractivity contribution in [2.24, 2.45) is 5.16 Å². The summed E-state index contributed by atoms with van der Waals surface area (Å²) in [5.74, 6) is 0.402. The average Bonchev–Trinajstić information content (AvgIpc) is 3.19. The zero-order valence-corrected chi connectivity index (χ0v) is 15.6. The van der Waals surface area contributed by atoms with E-state index in [1.165, 1.54) is 30.0 Å². The number of oxime groups is 1. The van der Waals surface area contributed by atoms with Crippen LogP contribution >= 0.6 is 11.8 Å². The number of halogens is 2. The van der Waals surface area contributed by atoms with E-state index < -0.39 is 17.3 Å². The number of nitrogens with zero attached hydrogens (tertiary/aromatic N) is 3. The molecular weight excluding hydrogens is 408 g/mol. The second kappa shape index (κ2) is 8.82. The van der Waals surface area contributed by atoms with Crippen LogP contribution in [0.25, 0.3) is 0 Å². The molecule has 0 radical (unpaired) electrons. The maximum Gasteiger partial charge on any atom is 0.263 e. The van der Waals surface area contributed by atoms with Gasteiger partial charge in [-0.25, -0.2) is 13.4 Å². The summed E-state index contributed by atoms with van der Waals surface area (Å²) in [5.41, 5.74) is 4.70. The molecule has 9 nitrogen and oxygen atoms in total. The molecule has 0 saturated heterocycles. The topological polar surface area (TPSA) is 144 Å². The third-order valence-corrected chi connectivity index (χ3v) is 4.97. The van der Waals surface area contributed by atoms with Gasteiger partial charge in [-0.1, -0.05) is 35.1 Å². The SMILES string of the molecule is Nc1c(NCCSc2nonc2C(Cc2cccc(C(F)F)c2)=NO)c(=O)c1=O. The van der Waals surface area contributed by atoms with Crippen LogP contribution in [0.2, 0.25) is 0 Å². The predicted molar refractivity (Wildman–Crippen MR) is 103 cm³/mol. The van der Waals surface area contributed by atoms with Crippen LogP contribution in [0.15, 0.2) is 48.7 Å². The second-order valence-electron chi connectivity index (χ2n) is 5.91. The highest BCUT2D eigenvalue weighted by molar-refractivity contribution is 7.99. The van der Waals surface area contributed by atoms with Gasteiger partial charge in [0.1, 0.15) is 17.1 Å². The van der Waals surface area contributed by atoms with Crippen LogP contribution in [-0.4, -0.2) is 33.5 Å². The third-order valence-electron chi connectivity index (χ3n) is 4.02. The zero-order valence-electron chi connectivity index (χ0n) is 14.8. The van der Waals surface area contributed by atoms with Crippen molar-refractivity contribution in [1.29, 1.82) is 0 Å². The normalized spacial score (nSPS) is 12.0. The number of hydrogen-bond acceptors (Lipinski definition) is 10. The highest BCUT2D eigenvalue weighted by atomic mass is 32.2. The van der Waals surface area contributed by atoms with E-state index in [0.29, 0.717) is 22.9 Å². The van der Waals surface area contributed by atoms with Crippen LogP contribution in [0.1, 0.15) is 23.2 Å². The summed E-state index contributed by atoms with van der Waals surface area (Å²) in [6, 6.07) is 5.73. The molecule has 0 bridgehead atoms. The van der Waals surface area contributed by atoms with Crippen molar-refractivity contribution in [2.45, 2.75) is 17.9 Å². The first-order chi connectivity index (χ1) is 13.9. The van der Waals surface area contributed by atoms with Crippen LogP contribution in [0.3, 0.4) is 0 Å². The van der Waals surface area contributed by atoms with Gasteiger partial charge in [-0.05, 0) is 21.9 Å². The van der Waals surface area contributed by atoms with E-state index in [1.807, 2.05) is 0 Å². The Bertz CT molecular complexity index is 1110. The number of nitrogen functional groups attached to an aromatic ring is 1. The summed E-state index contributed by atoms with van der Waals surface area (Å²) in [6.07, 6.45) is -2.57. The lowest BCUT2D eigenvalue weighted by Crippen LogP contribution is -2.37. The van der Waals surface area contributed by atoms with E-state index in [4.69, 9.17) is 10.4 Å². The van der Waals surface area contributed by atoms with Gasteiger partial charge in [-0.3, -0.25) is 9.59 Å². The summed E-state index contributed by atoms with van der Waals surface area (Å²) in [5, 5.41) is 23.1. The highest BCUT2D eigenvalue weighted by Crippen LogP contribution is 2.23. The number of aromatic nitrogens is 2. The Labute approximate surface area is 166 Å². The maximum absolute atomic E-state index is 12.9. The molecule has 4 N–H and O–H groups in total. The molecule has 3 rings (SSSR count). The Morgan fingerprint density at radius 2 is 2.10 bits per heavy atom. The molecule has 0 atom stereocenters. The summed E-state index contributed by atoms with van der Waals surface area (Å²) >= 11 is 1.19. The minimum Gasteiger partial charge on any atom is -0.411 e. The van der Waals surface area contributed by atoms with E-state index in [1.54, 1.807) is 6.07 Å². The fraction of sp³-hybridized carbons (Fsp3) is 0.235. The standard InChI is InChI=1S/C17H15F2N5O4S/c18-16(19)9-3-1-2-8(6-9)7-10(22-27)12-17(24-28-23-12)29-5-4-21-13-11(20)14(25)15(13)26/h1-3,6,16,21,27H,4-5,7,20H2. The molecule has 0 fully saturated rings. The highest BCUT2D eigenvalue weighted by Gasteiger charge is 2.20. The molecule has 29 heavy (non-hydrogen) atoms. The number of nitrogens with two attached hydrogens (primary N) is 1. The molecule has 2 aromatic carbocycles. The zero-order chi connectivity index (χ0) is 21.0. The lowest BCUT2D eigenvalue weighted by molar-refractivity contribution is 0.151. The number of alkyl halides is 2. The molecule has 152 valence electrons. The molecular formula is C17H15F2N5O4S. The summed E-state index contributed by atoms with van der Waals surface area (Å²) in [6.45, 7) is 0.300. The molecule has 0 saturated carbocycles. The van der Waals surface area contributed by atoms with Crippen LogP contribution < -0.4 is 21.9 Å². The minimum atomic E-state index is -2.61. The first kappa shape index (κ1) is 20.5. The number of rotatable bonds is 9. The van der Waals surface area contributed by atoms with Crippen LogP contribution in [0, 0.1) is 0 Å². The lowest BCUT2D eigenvalue weighted by Gasteiger charge is -2.09. The van der Waals surface area contributed by atoms with Crippen molar-refractivity contribution >= 4 is 28.8 Å². The second-order valence-corrected chi connectivity index (χ2v) is 6.99. The van der Waals surface area contributed by atoms with Crippen LogP contribution in [0.5, 0.6) is 0 Å². The van der Waals surface area contributed by atoms with Crippen molar-refractivity contribution in [1.82, 2.24) is 10.3 Å². The summed E-state index contributed by atoms with van der Waals surface area (Å²) < 4.78 is 30.4. The third kappa shape index (κ3) is 4.42. The Balaban J connectivity index is 1.62. The number of nitrogens with one attached hydrogen (secondary N) is 1. The lowest BCUT2D eigenvalue weighted by atomic mass is 10.0. The first-order valence-electron chi connectivity index (χ1n) is 8.28. The molecule has 12 heteroatoms. The smallest absolute Gasteiger partial charge is 0.263 e. The van der Waals surface area contributed by atoms with E-state index in [-0.39, 0.29) is 34.8 Å². The van der Waals surface area contributed by atoms with Gasteiger partial charge in [0.25, 0.3) is 17.3 Å². The van der Waals surface area contributed by atoms with Crippen molar-refractivity contribution in [3.8, 4) is 0 Å². The van der Waals surface area contributed by atoms with Gasteiger partial charge < -0.3 is 16.3 Å². The Kier molecular flexibility index (Phi) is 6.22. The Morgan fingerprint density at radius 1 is 1.31 bits per heavy atom. The van der Waals surface area contributed by atoms with Crippen molar-refractivity contribution in [2.75, 3.05) is 23.3 Å². The largest absolute Gasteiger partial charge is 0.411 e. The Hall–Kier alpha value is -3.28. The molecule has 0 aliphatic heterocycles. The van der Waals surface area contributed by atoms with Crippen LogP contribution in [-0.2, 0) is 6.42 Å². The van der Waals surface area contributed by atoms with E-state index in [0.717, 1.165) is 0 Å². The molecule has 1 heterocycles. The summed E-state index contributed by atoms with van der Waals surface area (Å²) in [4.78, 5) is 22.4. The predicted octanol–water partition coefficient (Wildman–Crippen LogP) is 1.81. The number of hydrogen-bond donors (Lipinski definition) is 3. The monoisotopic (exact) mass is 423 g/mol. The molecule has 0 unspecified atom stereocenters. The molecule has 0 amide bonds. The number of benzene rings is 1. The van der Waals surface area contributed by atoms with Gasteiger partial charge >= 0.3 is 0 Å². The van der Waals surface area contributed by atoms with Crippen molar-refractivity contribution in [3.05, 3.63) is 61.5 Å². The van der Waals surface area contributed by atoms with Gasteiger partial charge in [0.05, 0.1) is 0 Å². The minimum absolute atomic E-state index is 0.0388. The molecule has 0 aliphatic carbocycles. The van der Waals surface area contributed by atoms with E-state index >= 15 is 0 Å². The van der Waals surface area contributed by atoms with E-state index in [9.17, 15) is 23.6 Å². The Morgan fingerprint density at radius 3 is 2.79 bits per heavy atom. The average molecular weight is 423 g/mol. The molecule has 0 spiro atoms. The first-order valence-corrected chi connectivity index (χ1v) is 9.27. The maximum atomic E-state index is 12.9. The van der Waals surface area contributed by atoms with Crippen molar-refractivity contribution < 1.29 is 18.6 Å². The van der Waals surface area contributed by atoms with Crippen molar-refractivity contribution in [3.63, 3.8) is 0 Å². The number of anilines is 2. The fourth-order valence-electron chi connectivity index (χ4n) is 2.56. The molecule has 0 aliphatic rings. The fourth-order valence-corrected chi connectivity index (χ4v) is 3.33. The van der Waals surface area contributed by atoms with Gasteiger partial charge in [0.2, 0.25) is 0 Å². The van der Waals surface area contributed by atoms with E-state index in [2.05, 4.69) is 20.8 Å². The molecule has 3 aromatic rings. The van der Waals surface area contributed by atoms with Gasteiger partial charge in [0.15, 0.2) is 10.7 Å². The molecule has 1 aromatic heterocycles. The van der Waals surface area contributed by atoms with Crippen LogP contribution in [0.4, 0.5) is 20.2 Å². The van der Waals surface area contributed by atoms with Gasteiger partial charge in [-0.2, -0.15) is 0 Å². The van der Waals surface area contributed by atoms with Gasteiger partial charge in [-0.15, -0.1) is 0 Å².